The van der Waals surface area contributed by atoms with E-state index >= 15 is 0 Å². The molecule has 0 aliphatic rings. The van der Waals surface area contributed by atoms with Crippen LogP contribution in [0.1, 0.15) is 23.6 Å². The van der Waals surface area contributed by atoms with E-state index < -0.39 is 0 Å². The molecule has 0 bridgehead atoms. The molecule has 33 heavy (non-hydrogen) atoms. The van der Waals surface area contributed by atoms with E-state index in [1.54, 1.807) is 17.1 Å². The third-order valence-electron chi connectivity index (χ3n) is 4.93. The molecule has 0 saturated heterocycles. The fourth-order valence-electron chi connectivity index (χ4n) is 3.36. The highest BCUT2D eigenvalue weighted by Crippen LogP contribution is 2.34. The van der Waals surface area contributed by atoms with Gasteiger partial charge in [0.05, 0.1) is 13.2 Å². The van der Waals surface area contributed by atoms with Crippen molar-refractivity contribution in [1.29, 1.82) is 0 Å². The lowest BCUT2D eigenvalue weighted by molar-refractivity contribution is 0.269. The second-order valence-corrected chi connectivity index (χ2v) is 8.60. The monoisotopic (exact) mass is 525 g/mol. The van der Waals surface area contributed by atoms with Gasteiger partial charge in [0.15, 0.2) is 17.3 Å². The molecule has 2 aromatic heterocycles. The topological polar surface area (TPSA) is 77.0 Å². The first-order chi connectivity index (χ1) is 16.0. The number of pyridine rings is 1. The molecule has 0 aliphatic heterocycles. The van der Waals surface area contributed by atoms with Crippen LogP contribution < -0.4 is 14.9 Å². The highest BCUT2D eigenvalue weighted by atomic mass is 79.9. The van der Waals surface area contributed by atoms with Gasteiger partial charge in [-0.3, -0.25) is 4.98 Å². The van der Waals surface area contributed by atoms with Crippen LogP contribution in [0.5, 0.6) is 11.5 Å². The zero-order valence-corrected chi connectivity index (χ0v) is 20.7. The summed E-state index contributed by atoms with van der Waals surface area (Å²) in [5.41, 5.74) is 7.54. The van der Waals surface area contributed by atoms with Crippen molar-refractivity contribution in [2.24, 2.45) is 0 Å². The van der Waals surface area contributed by atoms with E-state index in [9.17, 15) is 0 Å². The van der Waals surface area contributed by atoms with Crippen LogP contribution in [-0.4, -0.2) is 26.5 Å². The Balaban J connectivity index is 1.54. The van der Waals surface area contributed by atoms with Crippen molar-refractivity contribution in [2.45, 2.75) is 27.0 Å². The summed E-state index contributed by atoms with van der Waals surface area (Å²) in [5, 5.41) is 7.18. The van der Waals surface area contributed by atoms with Gasteiger partial charge >= 0.3 is 0 Å². The van der Waals surface area contributed by atoms with E-state index in [1.807, 2.05) is 37.3 Å². The lowest BCUT2D eigenvalue weighted by atomic mass is 10.1. The van der Waals surface area contributed by atoms with Gasteiger partial charge in [-0.25, -0.2) is 9.77 Å². The first kappa shape index (κ1) is 23.0. The predicted molar refractivity (Wildman–Crippen MR) is 135 cm³/mol. The summed E-state index contributed by atoms with van der Waals surface area (Å²) in [4.78, 5) is 4.06. The molecule has 0 saturated carbocycles. The molecule has 170 valence electrons. The van der Waals surface area contributed by atoms with Crippen molar-refractivity contribution in [2.75, 3.05) is 12.0 Å². The lowest BCUT2D eigenvalue weighted by Crippen LogP contribution is -2.16. The van der Waals surface area contributed by atoms with Crippen molar-refractivity contribution in [3.63, 3.8) is 0 Å². The van der Waals surface area contributed by atoms with Crippen molar-refractivity contribution < 1.29 is 9.47 Å². The van der Waals surface area contributed by atoms with Gasteiger partial charge in [0.2, 0.25) is 4.77 Å². The number of hydrogen-bond donors (Lipinski definition) is 2. The molecule has 0 spiro atoms. The van der Waals surface area contributed by atoms with Gasteiger partial charge in [-0.1, -0.05) is 45.8 Å². The number of ether oxygens (including phenoxy) is 2. The molecule has 9 heteroatoms. The molecule has 4 aromatic rings. The first-order valence-corrected chi connectivity index (χ1v) is 11.7. The summed E-state index contributed by atoms with van der Waals surface area (Å²) in [6.07, 6.45) is 3.44. The van der Waals surface area contributed by atoms with Crippen LogP contribution in [0, 0.1) is 11.7 Å². The zero-order valence-electron chi connectivity index (χ0n) is 18.3. The van der Waals surface area contributed by atoms with Crippen LogP contribution in [0.3, 0.4) is 0 Å². The normalized spacial score (nSPS) is 10.8. The molecule has 0 aliphatic carbocycles. The molecule has 0 fully saturated rings. The Hall–Kier alpha value is -3.17. The average molecular weight is 526 g/mol. The van der Waals surface area contributed by atoms with E-state index in [4.69, 9.17) is 21.7 Å². The Bertz CT molecular complexity index is 1290. The molecule has 2 heterocycles. The Morgan fingerprint density at radius 3 is 2.64 bits per heavy atom. The SMILES string of the molecule is CCOc1cc(CNn2c(-c3ccncc3)n[nH]c2=S)c(Br)cc1OCc1cccc(C)c1. The molecule has 2 aromatic carbocycles. The summed E-state index contributed by atoms with van der Waals surface area (Å²) in [7, 11) is 0. The van der Waals surface area contributed by atoms with Gasteiger partial charge < -0.3 is 14.9 Å². The minimum Gasteiger partial charge on any atom is -0.490 e. The maximum Gasteiger partial charge on any atom is 0.214 e. The molecule has 2 N–H and O–H groups in total. The summed E-state index contributed by atoms with van der Waals surface area (Å²) >= 11 is 9.08. The predicted octanol–water partition coefficient (Wildman–Crippen LogP) is 5.80. The molecule has 4 rings (SSSR count). The quantitative estimate of drug-likeness (QED) is 0.269. The molecular weight excluding hydrogens is 502 g/mol. The Morgan fingerprint density at radius 2 is 1.88 bits per heavy atom. The van der Waals surface area contributed by atoms with E-state index in [-0.39, 0.29) is 0 Å². The fourth-order valence-corrected chi connectivity index (χ4v) is 4.02. The fraction of sp³-hybridized carbons (Fsp3) is 0.208. The van der Waals surface area contributed by atoms with Crippen molar-refractivity contribution in [3.05, 3.63) is 86.9 Å². The number of aromatic nitrogens is 4. The number of aromatic amines is 1. The van der Waals surface area contributed by atoms with Gasteiger partial charge in [0, 0.05) is 22.4 Å². The van der Waals surface area contributed by atoms with Crippen LogP contribution >= 0.6 is 28.1 Å². The van der Waals surface area contributed by atoms with Crippen LogP contribution in [0.25, 0.3) is 11.4 Å². The minimum absolute atomic E-state index is 0.464. The largest absolute Gasteiger partial charge is 0.490 e. The van der Waals surface area contributed by atoms with Crippen molar-refractivity contribution in [1.82, 2.24) is 19.9 Å². The number of H-pyrrole nitrogens is 1. The van der Waals surface area contributed by atoms with Crippen LogP contribution in [-0.2, 0) is 13.2 Å². The summed E-state index contributed by atoms with van der Waals surface area (Å²) in [6, 6.07) is 15.9. The molecule has 7 nitrogen and oxygen atoms in total. The molecule has 0 unspecified atom stereocenters. The van der Waals surface area contributed by atoms with Crippen molar-refractivity contribution >= 4 is 28.1 Å². The molecule has 0 amide bonds. The van der Waals surface area contributed by atoms with Gasteiger partial charge in [0.25, 0.3) is 0 Å². The second-order valence-electron chi connectivity index (χ2n) is 7.36. The van der Waals surface area contributed by atoms with E-state index in [0.29, 0.717) is 41.9 Å². The summed E-state index contributed by atoms with van der Waals surface area (Å²) in [6.45, 7) is 5.51. The Labute approximate surface area is 205 Å². The van der Waals surface area contributed by atoms with Crippen LogP contribution in [0.2, 0.25) is 0 Å². The second kappa shape index (κ2) is 10.6. The number of benzene rings is 2. The van der Waals surface area contributed by atoms with E-state index in [1.165, 1.54) is 5.56 Å². The lowest BCUT2D eigenvalue weighted by Gasteiger charge is -2.16. The van der Waals surface area contributed by atoms with Crippen LogP contribution in [0.15, 0.2) is 65.4 Å². The van der Waals surface area contributed by atoms with Gasteiger partial charge in [-0.05, 0) is 61.5 Å². The summed E-state index contributed by atoms with van der Waals surface area (Å²) in [5.74, 6) is 2.06. The molecule has 0 radical (unpaired) electrons. The zero-order chi connectivity index (χ0) is 23.2. The number of hydrogen-bond acceptors (Lipinski definition) is 6. The van der Waals surface area contributed by atoms with Gasteiger partial charge in [-0.15, -0.1) is 0 Å². The Kier molecular flexibility index (Phi) is 7.41. The number of rotatable bonds is 9. The van der Waals surface area contributed by atoms with Crippen LogP contribution in [0.4, 0.5) is 0 Å². The number of nitrogens with one attached hydrogen (secondary N) is 2. The number of nitrogens with zero attached hydrogens (tertiary/aromatic N) is 3. The molecular formula is C24H24BrN5O2S. The smallest absolute Gasteiger partial charge is 0.214 e. The maximum absolute atomic E-state index is 6.09. The average Bonchev–Trinajstić information content (AvgIpc) is 3.19. The van der Waals surface area contributed by atoms with Gasteiger partial charge in [0.1, 0.15) is 6.61 Å². The number of aryl methyl sites for hydroxylation is 1. The maximum atomic E-state index is 6.09. The van der Waals surface area contributed by atoms with E-state index in [0.717, 1.165) is 21.2 Å². The highest BCUT2D eigenvalue weighted by molar-refractivity contribution is 9.10. The first-order valence-electron chi connectivity index (χ1n) is 10.5. The Morgan fingerprint density at radius 1 is 1.09 bits per heavy atom. The highest BCUT2D eigenvalue weighted by Gasteiger charge is 2.13. The minimum atomic E-state index is 0.464. The third-order valence-corrected chi connectivity index (χ3v) is 5.94. The molecule has 0 atom stereocenters. The van der Waals surface area contributed by atoms with E-state index in [2.05, 4.69) is 61.7 Å². The van der Waals surface area contributed by atoms with Gasteiger partial charge in [-0.2, -0.15) is 5.10 Å². The number of halogens is 1. The standard InChI is InChI=1S/C24H24BrN5O2S/c1-3-31-21-12-19(20(25)13-22(21)32-15-17-6-4-5-16(2)11-17)14-27-30-23(28-29-24(30)33)18-7-9-26-10-8-18/h4-13,27H,3,14-15H2,1-2H3,(H,29,33). The van der Waals surface area contributed by atoms with Crippen molar-refractivity contribution in [3.8, 4) is 22.9 Å². The third kappa shape index (κ3) is 5.61. The summed E-state index contributed by atoms with van der Waals surface area (Å²) < 4.78 is 15.1.